The maximum Gasteiger partial charge on any atom is 0.153 e. The van der Waals surface area contributed by atoms with Crippen molar-refractivity contribution in [2.75, 3.05) is 12.3 Å². The predicted octanol–water partition coefficient (Wildman–Crippen LogP) is 2.22. The van der Waals surface area contributed by atoms with Crippen LogP contribution in [0.4, 0.5) is 0 Å². The largest absolute Gasteiger partial charge is 0.308 e. The Kier molecular flexibility index (Phi) is 4.95. The summed E-state index contributed by atoms with van der Waals surface area (Å²) in [5.74, 6) is 0.209. The first-order valence-corrected chi connectivity index (χ1v) is 8.01. The fourth-order valence-corrected chi connectivity index (χ4v) is 2.92. The third kappa shape index (κ3) is 3.88. The lowest BCUT2D eigenvalue weighted by Crippen LogP contribution is -2.28. The van der Waals surface area contributed by atoms with Gasteiger partial charge >= 0.3 is 0 Å². The van der Waals surface area contributed by atoms with Gasteiger partial charge in [-0.15, -0.1) is 11.3 Å². The number of hydrogen-bond acceptors (Lipinski definition) is 4. The second-order valence-corrected chi connectivity index (χ2v) is 7.76. The second-order valence-electron chi connectivity index (χ2n) is 4.11. The zero-order chi connectivity index (χ0) is 12.2. The molecule has 0 aliphatic rings. The van der Waals surface area contributed by atoms with Gasteiger partial charge in [-0.05, 0) is 32.2 Å². The van der Waals surface area contributed by atoms with E-state index < -0.39 is 9.84 Å². The Balaban J connectivity index is 2.37. The van der Waals surface area contributed by atoms with Crippen molar-refractivity contribution in [3.05, 3.63) is 22.4 Å². The molecule has 1 atom stereocenters. The summed E-state index contributed by atoms with van der Waals surface area (Å²) < 4.78 is 23.1. The van der Waals surface area contributed by atoms with Gasteiger partial charge in [0, 0.05) is 17.5 Å². The normalized spacial score (nSPS) is 14.2. The molecule has 1 N–H and O–H groups in total. The number of hydrogen-bond donors (Lipinski definition) is 1. The van der Waals surface area contributed by atoms with E-state index in [1.807, 2.05) is 18.4 Å². The van der Waals surface area contributed by atoms with Crippen LogP contribution in [0.1, 0.15) is 31.7 Å². The first-order chi connectivity index (χ1) is 7.43. The Hall–Kier alpha value is -0.390. The number of nitrogens with one attached hydrogen (secondary N) is 1. The van der Waals surface area contributed by atoms with Gasteiger partial charge in [0.15, 0.2) is 9.84 Å². The van der Waals surface area contributed by atoms with E-state index in [-0.39, 0.29) is 17.0 Å². The van der Waals surface area contributed by atoms with Crippen LogP contribution in [0.25, 0.3) is 0 Å². The molecule has 0 radical (unpaired) electrons. The number of rotatable bonds is 6. The highest BCUT2D eigenvalue weighted by Crippen LogP contribution is 2.17. The molecule has 0 aliphatic carbocycles. The SMILES string of the molecule is CC(C)S(=O)(=O)CCN[C@@H](C)c1cccs1. The third-order valence-electron chi connectivity index (χ3n) is 2.53. The van der Waals surface area contributed by atoms with E-state index in [1.165, 1.54) is 4.88 Å². The Morgan fingerprint density at radius 2 is 2.06 bits per heavy atom. The van der Waals surface area contributed by atoms with Crippen LogP contribution in [0.3, 0.4) is 0 Å². The smallest absolute Gasteiger partial charge is 0.153 e. The van der Waals surface area contributed by atoms with Gasteiger partial charge in [-0.1, -0.05) is 6.07 Å². The summed E-state index contributed by atoms with van der Waals surface area (Å²) in [5, 5.41) is 4.97. The van der Waals surface area contributed by atoms with Crippen molar-refractivity contribution in [3.8, 4) is 0 Å². The molecule has 5 heteroatoms. The fraction of sp³-hybridized carbons (Fsp3) is 0.636. The quantitative estimate of drug-likeness (QED) is 0.854. The van der Waals surface area contributed by atoms with Gasteiger partial charge in [-0.3, -0.25) is 0 Å². The van der Waals surface area contributed by atoms with E-state index in [0.717, 1.165) is 0 Å². The van der Waals surface area contributed by atoms with Gasteiger partial charge in [-0.25, -0.2) is 8.42 Å². The Bertz CT molecular complexity index is 396. The van der Waals surface area contributed by atoms with Crippen molar-refractivity contribution in [1.29, 1.82) is 0 Å². The van der Waals surface area contributed by atoms with Crippen LogP contribution >= 0.6 is 11.3 Å². The molecule has 0 aliphatic heterocycles. The van der Waals surface area contributed by atoms with E-state index >= 15 is 0 Å². The van der Waals surface area contributed by atoms with Crippen molar-refractivity contribution < 1.29 is 8.42 Å². The molecule has 0 aromatic carbocycles. The van der Waals surface area contributed by atoms with E-state index in [4.69, 9.17) is 0 Å². The van der Waals surface area contributed by atoms with Crippen LogP contribution in [0, 0.1) is 0 Å². The molecule has 0 unspecified atom stereocenters. The molecular weight excluding hydrogens is 242 g/mol. The molecule has 3 nitrogen and oxygen atoms in total. The minimum Gasteiger partial charge on any atom is -0.308 e. The molecule has 92 valence electrons. The van der Waals surface area contributed by atoms with Crippen LogP contribution in [0.5, 0.6) is 0 Å². The van der Waals surface area contributed by atoms with E-state index in [2.05, 4.69) is 11.4 Å². The zero-order valence-electron chi connectivity index (χ0n) is 9.93. The van der Waals surface area contributed by atoms with Gasteiger partial charge in [0.05, 0.1) is 11.0 Å². The molecule has 1 rings (SSSR count). The molecule has 1 heterocycles. The van der Waals surface area contributed by atoms with Gasteiger partial charge in [0.2, 0.25) is 0 Å². The first-order valence-electron chi connectivity index (χ1n) is 5.42. The summed E-state index contributed by atoms with van der Waals surface area (Å²) in [7, 11) is -2.92. The standard InChI is InChI=1S/C11H19NO2S2/c1-9(2)16(13,14)8-6-12-10(3)11-5-4-7-15-11/h4-5,7,9-10,12H,6,8H2,1-3H3/t10-/m0/s1. The van der Waals surface area contributed by atoms with E-state index in [1.54, 1.807) is 25.2 Å². The second kappa shape index (κ2) is 5.80. The summed E-state index contributed by atoms with van der Waals surface area (Å²) >= 11 is 1.68. The van der Waals surface area contributed by atoms with Crippen molar-refractivity contribution in [2.24, 2.45) is 0 Å². The predicted molar refractivity (Wildman–Crippen MR) is 69.7 cm³/mol. The topological polar surface area (TPSA) is 46.2 Å². The van der Waals surface area contributed by atoms with Crippen molar-refractivity contribution in [1.82, 2.24) is 5.32 Å². The average Bonchev–Trinajstić information content (AvgIpc) is 2.69. The monoisotopic (exact) mass is 261 g/mol. The molecular formula is C11H19NO2S2. The first kappa shape index (κ1) is 13.7. The van der Waals surface area contributed by atoms with Crippen molar-refractivity contribution >= 4 is 21.2 Å². The summed E-state index contributed by atoms with van der Waals surface area (Å²) in [6.45, 7) is 6.00. The highest BCUT2D eigenvalue weighted by Gasteiger charge is 2.16. The maximum absolute atomic E-state index is 11.6. The summed E-state index contributed by atoms with van der Waals surface area (Å²) in [6, 6.07) is 4.28. The highest BCUT2D eigenvalue weighted by molar-refractivity contribution is 7.92. The summed E-state index contributed by atoms with van der Waals surface area (Å²) in [5.41, 5.74) is 0. The lowest BCUT2D eigenvalue weighted by molar-refractivity contribution is 0.569. The summed E-state index contributed by atoms with van der Waals surface area (Å²) in [6.07, 6.45) is 0. The highest BCUT2D eigenvalue weighted by atomic mass is 32.2. The van der Waals surface area contributed by atoms with Gasteiger partial charge < -0.3 is 5.32 Å². The Labute approximate surface area is 102 Å². The third-order valence-corrected chi connectivity index (χ3v) is 5.79. The number of sulfone groups is 1. The van der Waals surface area contributed by atoms with Crippen LogP contribution in [0.15, 0.2) is 17.5 Å². The lowest BCUT2D eigenvalue weighted by Gasteiger charge is -2.13. The van der Waals surface area contributed by atoms with Gasteiger partial charge in [-0.2, -0.15) is 0 Å². The van der Waals surface area contributed by atoms with Gasteiger partial charge in [0.25, 0.3) is 0 Å². The molecule has 0 spiro atoms. The Morgan fingerprint density at radius 1 is 1.38 bits per heavy atom. The minimum atomic E-state index is -2.92. The summed E-state index contributed by atoms with van der Waals surface area (Å²) in [4.78, 5) is 1.24. The Morgan fingerprint density at radius 3 is 2.56 bits per heavy atom. The van der Waals surface area contributed by atoms with Gasteiger partial charge in [0.1, 0.15) is 0 Å². The molecule has 1 aromatic heterocycles. The van der Waals surface area contributed by atoms with Crippen LogP contribution < -0.4 is 5.32 Å². The van der Waals surface area contributed by atoms with E-state index in [0.29, 0.717) is 6.54 Å². The molecule has 0 saturated heterocycles. The number of thiophene rings is 1. The molecule has 0 fully saturated rings. The van der Waals surface area contributed by atoms with Crippen molar-refractivity contribution in [3.63, 3.8) is 0 Å². The van der Waals surface area contributed by atoms with Crippen LogP contribution in [-0.2, 0) is 9.84 Å². The molecule has 0 bridgehead atoms. The molecule has 0 amide bonds. The molecule has 0 saturated carbocycles. The van der Waals surface area contributed by atoms with Crippen molar-refractivity contribution in [2.45, 2.75) is 32.1 Å². The minimum absolute atomic E-state index is 0.209. The lowest BCUT2D eigenvalue weighted by atomic mass is 10.3. The zero-order valence-corrected chi connectivity index (χ0v) is 11.6. The molecule has 1 aromatic rings. The molecule has 16 heavy (non-hydrogen) atoms. The fourth-order valence-electron chi connectivity index (χ4n) is 1.29. The van der Waals surface area contributed by atoms with E-state index in [9.17, 15) is 8.42 Å². The maximum atomic E-state index is 11.6. The van der Waals surface area contributed by atoms with Crippen LogP contribution in [-0.4, -0.2) is 26.0 Å². The van der Waals surface area contributed by atoms with Crippen LogP contribution in [0.2, 0.25) is 0 Å². The average molecular weight is 261 g/mol.